The number of amides is 2. The molecule has 0 saturated heterocycles. The molecule has 1 aromatic rings. The van der Waals surface area contributed by atoms with E-state index >= 15 is 0 Å². The minimum atomic E-state index is -1.37. The predicted molar refractivity (Wildman–Crippen MR) is 74.6 cm³/mol. The Morgan fingerprint density at radius 3 is 2.30 bits per heavy atom. The molecule has 0 aromatic heterocycles. The molecule has 0 aliphatic rings. The van der Waals surface area contributed by atoms with Gasteiger partial charge in [0.05, 0.1) is 12.1 Å². The van der Waals surface area contributed by atoms with Crippen molar-refractivity contribution in [2.24, 2.45) is 0 Å². The lowest BCUT2D eigenvalue weighted by molar-refractivity contribution is -0.141. The monoisotopic (exact) mass is 300 g/mol. The highest BCUT2D eigenvalue weighted by Crippen LogP contribution is 2.21. The highest BCUT2D eigenvalue weighted by molar-refractivity contribution is 6.31. The van der Waals surface area contributed by atoms with Crippen molar-refractivity contribution in [2.45, 2.75) is 32.0 Å². The van der Waals surface area contributed by atoms with Gasteiger partial charge in [-0.25, -0.2) is 9.59 Å². The lowest BCUT2D eigenvalue weighted by atomic mass is 10.1. The molecule has 0 bridgehead atoms. The summed E-state index contributed by atoms with van der Waals surface area (Å²) in [4.78, 5) is 22.6. The van der Waals surface area contributed by atoms with Crippen LogP contribution in [0.25, 0.3) is 0 Å². The van der Waals surface area contributed by atoms with E-state index in [2.05, 4.69) is 10.6 Å². The van der Waals surface area contributed by atoms with Crippen molar-refractivity contribution in [1.82, 2.24) is 10.6 Å². The fourth-order valence-electron chi connectivity index (χ4n) is 1.67. The second-order valence-electron chi connectivity index (χ2n) is 4.42. The molecule has 4 N–H and O–H groups in total. The zero-order valence-corrected chi connectivity index (χ0v) is 11.9. The summed E-state index contributed by atoms with van der Waals surface area (Å²) in [6.07, 6.45) is -1.20. The second-order valence-corrected chi connectivity index (χ2v) is 4.82. The molecule has 6 nitrogen and oxygen atoms in total. The summed E-state index contributed by atoms with van der Waals surface area (Å²) < 4.78 is 0. The van der Waals surface area contributed by atoms with Crippen LogP contribution in [0.1, 0.15) is 25.5 Å². The van der Waals surface area contributed by atoms with E-state index in [0.717, 1.165) is 0 Å². The average Bonchev–Trinajstić information content (AvgIpc) is 2.35. The van der Waals surface area contributed by atoms with Crippen LogP contribution in [0, 0.1) is 0 Å². The fourth-order valence-corrected chi connectivity index (χ4v) is 1.97. The van der Waals surface area contributed by atoms with Gasteiger partial charge in [0.1, 0.15) is 0 Å². The normalized spacial score (nSPS) is 15.0. The van der Waals surface area contributed by atoms with E-state index in [4.69, 9.17) is 16.7 Å². The Hall–Kier alpha value is -1.79. The first-order valence-corrected chi connectivity index (χ1v) is 6.43. The van der Waals surface area contributed by atoms with Crippen LogP contribution in [0.4, 0.5) is 4.79 Å². The zero-order valence-electron chi connectivity index (χ0n) is 11.1. The Labute approximate surface area is 121 Å². The number of carbonyl (C=O) groups is 2. The van der Waals surface area contributed by atoms with Gasteiger partial charge in [-0.05, 0) is 25.5 Å². The first-order chi connectivity index (χ1) is 9.32. The number of aliphatic hydroxyl groups is 1. The predicted octanol–water partition coefficient (Wildman–Crippen LogP) is 1.53. The number of carbonyl (C=O) groups excluding carboxylic acids is 1. The molecule has 1 unspecified atom stereocenters. The van der Waals surface area contributed by atoms with Crippen LogP contribution in [-0.4, -0.2) is 34.4 Å². The van der Waals surface area contributed by atoms with Crippen molar-refractivity contribution in [3.63, 3.8) is 0 Å². The van der Waals surface area contributed by atoms with E-state index in [1.54, 1.807) is 31.2 Å². The summed E-state index contributed by atoms with van der Waals surface area (Å²) in [6, 6.07) is 4.56. The minimum absolute atomic E-state index is 0.396. The van der Waals surface area contributed by atoms with E-state index in [-0.39, 0.29) is 0 Å². The Kier molecular flexibility index (Phi) is 5.79. The zero-order chi connectivity index (χ0) is 15.3. The molecule has 1 rings (SSSR count). The number of hydrogen-bond donors (Lipinski definition) is 4. The third-order valence-corrected chi connectivity index (χ3v) is 3.10. The van der Waals surface area contributed by atoms with Gasteiger partial charge < -0.3 is 20.8 Å². The Balaban J connectivity index is 2.67. The lowest BCUT2D eigenvalue weighted by Crippen LogP contribution is -2.51. The summed E-state index contributed by atoms with van der Waals surface area (Å²) in [7, 11) is 0. The van der Waals surface area contributed by atoms with Crippen molar-refractivity contribution in [1.29, 1.82) is 0 Å². The molecule has 0 saturated carbocycles. The van der Waals surface area contributed by atoms with Gasteiger partial charge in [0.25, 0.3) is 0 Å². The van der Waals surface area contributed by atoms with Gasteiger partial charge in [0, 0.05) is 5.02 Å². The lowest BCUT2D eigenvalue weighted by Gasteiger charge is -2.20. The molecule has 110 valence electrons. The van der Waals surface area contributed by atoms with Crippen LogP contribution in [0.2, 0.25) is 5.02 Å². The van der Waals surface area contributed by atoms with Gasteiger partial charge in [0.2, 0.25) is 0 Å². The van der Waals surface area contributed by atoms with Crippen LogP contribution in [0.3, 0.4) is 0 Å². The highest BCUT2D eigenvalue weighted by atomic mass is 35.5. The van der Waals surface area contributed by atoms with Gasteiger partial charge in [-0.2, -0.15) is 0 Å². The first kappa shape index (κ1) is 16.3. The molecule has 1 aromatic carbocycles. The number of aliphatic carboxylic acids is 1. The van der Waals surface area contributed by atoms with Crippen LogP contribution in [0.15, 0.2) is 24.3 Å². The highest BCUT2D eigenvalue weighted by Gasteiger charge is 2.25. The molecular weight excluding hydrogens is 284 g/mol. The standard InChI is InChI=1S/C13H17ClN2O4/c1-7(9-5-3-4-6-10(9)14)15-13(20)16-11(8(2)17)12(18)19/h3-8,11,17H,1-2H3,(H,18,19)(H2,15,16,20)/t7?,8-,11+/m1/s1. The number of hydrogen-bond acceptors (Lipinski definition) is 3. The van der Waals surface area contributed by atoms with Crippen molar-refractivity contribution >= 4 is 23.6 Å². The topological polar surface area (TPSA) is 98.7 Å². The van der Waals surface area contributed by atoms with Crippen molar-refractivity contribution in [3.8, 4) is 0 Å². The maximum atomic E-state index is 11.7. The average molecular weight is 301 g/mol. The van der Waals surface area contributed by atoms with Crippen molar-refractivity contribution in [3.05, 3.63) is 34.9 Å². The number of carboxylic acid groups (broad SMARTS) is 1. The third kappa shape index (κ3) is 4.40. The van der Waals surface area contributed by atoms with Crippen LogP contribution in [0.5, 0.6) is 0 Å². The summed E-state index contributed by atoms with van der Waals surface area (Å²) >= 11 is 6.00. The molecule has 7 heteroatoms. The van der Waals surface area contributed by atoms with Crippen LogP contribution in [-0.2, 0) is 4.79 Å². The Morgan fingerprint density at radius 1 is 1.20 bits per heavy atom. The van der Waals surface area contributed by atoms with Gasteiger partial charge in [-0.1, -0.05) is 29.8 Å². The van der Waals surface area contributed by atoms with E-state index in [9.17, 15) is 14.7 Å². The largest absolute Gasteiger partial charge is 0.480 e. The quantitative estimate of drug-likeness (QED) is 0.663. The van der Waals surface area contributed by atoms with E-state index < -0.39 is 30.2 Å². The van der Waals surface area contributed by atoms with Crippen molar-refractivity contribution in [2.75, 3.05) is 0 Å². The Morgan fingerprint density at radius 2 is 1.80 bits per heavy atom. The number of carboxylic acids is 1. The molecule has 0 aliphatic heterocycles. The maximum absolute atomic E-state index is 11.7. The third-order valence-electron chi connectivity index (χ3n) is 2.75. The molecule has 0 fully saturated rings. The maximum Gasteiger partial charge on any atom is 0.328 e. The minimum Gasteiger partial charge on any atom is -0.480 e. The molecule has 0 radical (unpaired) electrons. The van der Waals surface area contributed by atoms with E-state index in [0.29, 0.717) is 10.6 Å². The second kappa shape index (κ2) is 7.12. The van der Waals surface area contributed by atoms with E-state index in [1.807, 2.05) is 0 Å². The molecule has 0 heterocycles. The van der Waals surface area contributed by atoms with Gasteiger partial charge in [-0.15, -0.1) is 0 Å². The smallest absolute Gasteiger partial charge is 0.328 e. The number of aliphatic hydroxyl groups excluding tert-OH is 1. The van der Waals surface area contributed by atoms with Crippen LogP contribution >= 0.6 is 11.6 Å². The number of halogens is 1. The molecular formula is C13H17ClN2O4. The summed E-state index contributed by atoms with van der Waals surface area (Å²) in [5.41, 5.74) is 0.716. The van der Waals surface area contributed by atoms with Gasteiger partial charge in [0.15, 0.2) is 6.04 Å². The molecule has 3 atom stereocenters. The SMILES string of the molecule is CC(NC(=O)N[C@H](C(=O)O)[C@@H](C)O)c1ccccc1Cl. The van der Waals surface area contributed by atoms with Crippen LogP contribution < -0.4 is 10.6 Å². The molecule has 0 aliphatic carbocycles. The van der Waals surface area contributed by atoms with Gasteiger partial charge >= 0.3 is 12.0 Å². The summed E-state index contributed by atoms with van der Waals surface area (Å²) in [6.45, 7) is 3.01. The van der Waals surface area contributed by atoms with Gasteiger partial charge in [-0.3, -0.25) is 0 Å². The summed E-state index contributed by atoms with van der Waals surface area (Å²) in [5.74, 6) is -1.31. The summed E-state index contributed by atoms with van der Waals surface area (Å²) in [5, 5.41) is 23.4. The number of urea groups is 1. The fraction of sp³-hybridized carbons (Fsp3) is 0.385. The van der Waals surface area contributed by atoms with Crippen molar-refractivity contribution < 1.29 is 19.8 Å². The van der Waals surface area contributed by atoms with E-state index in [1.165, 1.54) is 6.92 Å². The Bertz CT molecular complexity index is 493. The number of rotatable bonds is 5. The molecule has 20 heavy (non-hydrogen) atoms. The number of benzene rings is 1. The molecule has 2 amide bonds. The number of nitrogens with one attached hydrogen (secondary N) is 2. The molecule has 0 spiro atoms. The first-order valence-electron chi connectivity index (χ1n) is 6.05.